The molecular formula is C15H11N3. The van der Waals surface area contributed by atoms with E-state index in [9.17, 15) is 0 Å². The molecule has 4 aromatic rings. The minimum Gasteiger partial charge on any atom is -0.361 e. The molecule has 0 aliphatic heterocycles. The van der Waals surface area contributed by atoms with Crippen molar-refractivity contribution in [1.29, 1.82) is 0 Å². The number of nitrogens with one attached hydrogen (secondary N) is 1. The fourth-order valence-electron chi connectivity index (χ4n) is 2.42. The largest absolute Gasteiger partial charge is 0.361 e. The molecule has 18 heavy (non-hydrogen) atoms. The molecule has 0 unspecified atom stereocenters. The molecule has 2 heterocycles. The van der Waals surface area contributed by atoms with Gasteiger partial charge < -0.3 is 4.98 Å². The predicted octanol–water partition coefficient (Wildman–Crippen LogP) is 3.51. The molecule has 0 amide bonds. The second-order valence-corrected chi connectivity index (χ2v) is 4.33. The summed E-state index contributed by atoms with van der Waals surface area (Å²) in [4.78, 5) is 3.23. The van der Waals surface area contributed by atoms with Crippen LogP contribution in [0.4, 0.5) is 0 Å². The molecule has 86 valence electrons. The summed E-state index contributed by atoms with van der Waals surface area (Å²) in [5, 5.41) is 6.84. The Bertz CT molecular complexity index is 839. The number of hydrogen-bond acceptors (Lipinski definition) is 1. The van der Waals surface area contributed by atoms with Crippen LogP contribution in [0, 0.1) is 0 Å². The summed E-state index contributed by atoms with van der Waals surface area (Å²) >= 11 is 0. The van der Waals surface area contributed by atoms with E-state index in [0.29, 0.717) is 0 Å². The van der Waals surface area contributed by atoms with Crippen LogP contribution in [0.15, 0.2) is 60.9 Å². The lowest BCUT2D eigenvalue weighted by molar-refractivity contribution is 0.918. The minimum atomic E-state index is 1.11. The van der Waals surface area contributed by atoms with Crippen molar-refractivity contribution in [3.05, 3.63) is 60.9 Å². The van der Waals surface area contributed by atoms with Gasteiger partial charge in [-0.25, -0.2) is 4.68 Å². The molecule has 0 radical (unpaired) electrons. The molecule has 0 fully saturated rings. The van der Waals surface area contributed by atoms with Gasteiger partial charge in [-0.1, -0.05) is 24.3 Å². The smallest absolute Gasteiger partial charge is 0.0746 e. The fraction of sp³-hybridized carbons (Fsp3) is 0. The summed E-state index contributed by atoms with van der Waals surface area (Å²) in [7, 11) is 0. The van der Waals surface area contributed by atoms with Crippen molar-refractivity contribution in [1.82, 2.24) is 14.8 Å². The maximum atomic E-state index is 4.50. The van der Waals surface area contributed by atoms with Gasteiger partial charge in [0.05, 0.1) is 17.4 Å². The summed E-state index contributed by atoms with van der Waals surface area (Å²) < 4.78 is 1.99. The average Bonchev–Trinajstić information content (AvgIpc) is 3.05. The molecule has 0 spiro atoms. The second-order valence-electron chi connectivity index (χ2n) is 4.33. The molecule has 0 aliphatic carbocycles. The average molecular weight is 233 g/mol. The summed E-state index contributed by atoms with van der Waals surface area (Å²) in [6.07, 6.45) is 3.86. The number of para-hydroxylation sites is 1. The van der Waals surface area contributed by atoms with E-state index in [4.69, 9.17) is 0 Å². The molecule has 2 aromatic heterocycles. The third-order valence-electron chi connectivity index (χ3n) is 3.28. The van der Waals surface area contributed by atoms with Crippen LogP contribution in [0.3, 0.4) is 0 Å². The highest BCUT2D eigenvalue weighted by Crippen LogP contribution is 2.24. The number of aromatic nitrogens is 3. The van der Waals surface area contributed by atoms with Crippen LogP contribution in [-0.2, 0) is 0 Å². The van der Waals surface area contributed by atoms with Crippen LogP contribution in [0.2, 0.25) is 0 Å². The first kappa shape index (κ1) is 9.48. The summed E-state index contributed by atoms with van der Waals surface area (Å²) in [5.41, 5.74) is 3.37. The van der Waals surface area contributed by atoms with Crippen molar-refractivity contribution in [3.63, 3.8) is 0 Å². The highest BCUT2D eigenvalue weighted by Gasteiger charge is 2.07. The fourth-order valence-corrected chi connectivity index (χ4v) is 2.42. The van der Waals surface area contributed by atoms with Crippen LogP contribution < -0.4 is 0 Å². The van der Waals surface area contributed by atoms with Crippen molar-refractivity contribution in [2.75, 3.05) is 0 Å². The first-order valence-corrected chi connectivity index (χ1v) is 5.93. The normalized spacial score (nSPS) is 11.3. The number of fused-ring (bicyclic) bond motifs is 2. The zero-order chi connectivity index (χ0) is 11.9. The molecule has 0 bridgehead atoms. The monoisotopic (exact) mass is 233 g/mol. The van der Waals surface area contributed by atoms with Crippen molar-refractivity contribution in [2.45, 2.75) is 0 Å². The molecule has 3 nitrogen and oxygen atoms in total. The SMILES string of the molecule is c1ccc2c(c1)cnn2-c1cccc2[nH]ccc12. The number of hydrogen-bond donors (Lipinski definition) is 1. The zero-order valence-corrected chi connectivity index (χ0v) is 9.67. The third-order valence-corrected chi connectivity index (χ3v) is 3.28. The lowest BCUT2D eigenvalue weighted by atomic mass is 10.2. The topological polar surface area (TPSA) is 33.6 Å². The van der Waals surface area contributed by atoms with Crippen LogP contribution in [0.25, 0.3) is 27.5 Å². The standard InChI is InChI=1S/C15H11N3/c1-2-6-14-11(4-1)10-17-18(14)15-7-3-5-13-12(15)8-9-16-13/h1-10,16H. The molecule has 4 rings (SSSR count). The molecule has 0 saturated heterocycles. The first-order chi connectivity index (χ1) is 8.93. The van der Waals surface area contributed by atoms with Crippen molar-refractivity contribution < 1.29 is 0 Å². The zero-order valence-electron chi connectivity index (χ0n) is 9.67. The van der Waals surface area contributed by atoms with Gasteiger partial charge in [-0.15, -0.1) is 0 Å². The van der Waals surface area contributed by atoms with Gasteiger partial charge in [0.2, 0.25) is 0 Å². The van der Waals surface area contributed by atoms with E-state index >= 15 is 0 Å². The Balaban J connectivity index is 2.10. The number of H-pyrrole nitrogens is 1. The Morgan fingerprint density at radius 2 is 1.89 bits per heavy atom. The van der Waals surface area contributed by atoms with E-state index in [0.717, 1.165) is 22.1 Å². The Morgan fingerprint density at radius 3 is 2.89 bits per heavy atom. The number of nitrogens with zero attached hydrogens (tertiary/aromatic N) is 2. The quantitative estimate of drug-likeness (QED) is 0.536. The Morgan fingerprint density at radius 1 is 0.944 bits per heavy atom. The minimum absolute atomic E-state index is 1.11. The molecule has 3 heteroatoms. The van der Waals surface area contributed by atoms with Gasteiger partial charge in [0.15, 0.2) is 0 Å². The van der Waals surface area contributed by atoms with Gasteiger partial charge in [0, 0.05) is 22.5 Å². The van der Waals surface area contributed by atoms with Crippen molar-refractivity contribution in [2.24, 2.45) is 0 Å². The summed E-state index contributed by atoms with van der Waals surface area (Å²) in [5.74, 6) is 0. The summed E-state index contributed by atoms with van der Waals surface area (Å²) in [6, 6.07) is 16.5. The molecule has 0 atom stereocenters. The molecule has 0 saturated carbocycles. The molecule has 1 N–H and O–H groups in total. The van der Waals surface area contributed by atoms with Crippen molar-refractivity contribution in [3.8, 4) is 5.69 Å². The van der Waals surface area contributed by atoms with E-state index in [1.165, 1.54) is 5.39 Å². The Hall–Kier alpha value is -2.55. The highest BCUT2D eigenvalue weighted by molar-refractivity contribution is 5.90. The molecule has 2 aromatic carbocycles. The van der Waals surface area contributed by atoms with Crippen LogP contribution in [-0.4, -0.2) is 14.8 Å². The van der Waals surface area contributed by atoms with Crippen LogP contribution in [0.5, 0.6) is 0 Å². The summed E-state index contributed by atoms with van der Waals surface area (Å²) in [6.45, 7) is 0. The van der Waals surface area contributed by atoms with Crippen LogP contribution in [0.1, 0.15) is 0 Å². The molecule has 0 aliphatic rings. The van der Waals surface area contributed by atoms with Crippen LogP contribution >= 0.6 is 0 Å². The van der Waals surface area contributed by atoms with Gasteiger partial charge in [-0.3, -0.25) is 0 Å². The Kier molecular flexibility index (Phi) is 1.83. The van der Waals surface area contributed by atoms with E-state index < -0.39 is 0 Å². The van der Waals surface area contributed by atoms with E-state index in [2.05, 4.69) is 40.4 Å². The second kappa shape index (κ2) is 3.47. The molecular weight excluding hydrogens is 222 g/mol. The maximum absolute atomic E-state index is 4.50. The van der Waals surface area contributed by atoms with Gasteiger partial charge in [-0.05, 0) is 24.3 Å². The third kappa shape index (κ3) is 1.21. The van der Waals surface area contributed by atoms with Gasteiger partial charge in [0.25, 0.3) is 0 Å². The van der Waals surface area contributed by atoms with Gasteiger partial charge >= 0.3 is 0 Å². The van der Waals surface area contributed by atoms with Gasteiger partial charge in [-0.2, -0.15) is 5.10 Å². The highest BCUT2D eigenvalue weighted by atomic mass is 15.3. The lowest BCUT2D eigenvalue weighted by Gasteiger charge is -2.05. The number of aromatic amines is 1. The predicted molar refractivity (Wildman–Crippen MR) is 72.9 cm³/mol. The maximum Gasteiger partial charge on any atom is 0.0746 e. The van der Waals surface area contributed by atoms with E-state index in [1.807, 2.05) is 35.3 Å². The van der Waals surface area contributed by atoms with Gasteiger partial charge in [0.1, 0.15) is 0 Å². The Labute approximate surface area is 104 Å². The van der Waals surface area contributed by atoms with Crippen molar-refractivity contribution >= 4 is 21.8 Å². The number of benzene rings is 2. The number of rotatable bonds is 1. The lowest BCUT2D eigenvalue weighted by Crippen LogP contribution is -1.96. The van der Waals surface area contributed by atoms with E-state index in [-0.39, 0.29) is 0 Å². The first-order valence-electron chi connectivity index (χ1n) is 5.93. The van der Waals surface area contributed by atoms with E-state index in [1.54, 1.807) is 0 Å².